The Labute approximate surface area is 161 Å². The minimum atomic E-state index is -0.878. The second kappa shape index (κ2) is 7.94. The van der Waals surface area contributed by atoms with Crippen LogP contribution in [0, 0.1) is 17.0 Å². The molecule has 146 valence electrons. The van der Waals surface area contributed by atoms with E-state index in [9.17, 15) is 13.6 Å². The highest BCUT2D eigenvalue weighted by Crippen LogP contribution is 2.39. The Morgan fingerprint density at radius 1 is 1.30 bits per heavy atom. The fourth-order valence-corrected chi connectivity index (χ4v) is 4.05. The van der Waals surface area contributed by atoms with E-state index < -0.39 is 17.2 Å². The molecule has 1 aliphatic rings. The zero-order valence-electron chi connectivity index (χ0n) is 15.4. The lowest BCUT2D eigenvalue weighted by Crippen LogP contribution is -2.37. The van der Waals surface area contributed by atoms with Gasteiger partial charge in [-0.1, -0.05) is 24.4 Å². The van der Waals surface area contributed by atoms with Crippen molar-refractivity contribution in [2.45, 2.75) is 25.7 Å². The van der Waals surface area contributed by atoms with Crippen molar-refractivity contribution in [2.24, 2.45) is 5.41 Å². The lowest BCUT2D eigenvalue weighted by atomic mass is 9.85. The molecular formula is C19H23ClF2N4O. The molecule has 1 fully saturated rings. The van der Waals surface area contributed by atoms with E-state index in [0.29, 0.717) is 18.3 Å². The van der Waals surface area contributed by atoms with Crippen molar-refractivity contribution in [2.75, 3.05) is 32.5 Å². The molecule has 1 aliphatic carbocycles. The van der Waals surface area contributed by atoms with E-state index in [2.05, 4.69) is 15.3 Å². The quantitative estimate of drug-likeness (QED) is 0.808. The largest absolute Gasteiger partial charge is 0.382 e. The van der Waals surface area contributed by atoms with Crippen molar-refractivity contribution in [1.29, 1.82) is 0 Å². The Bertz CT molecular complexity index is 878. The van der Waals surface area contributed by atoms with Crippen LogP contribution in [-0.4, -0.2) is 41.9 Å². The van der Waals surface area contributed by atoms with Crippen LogP contribution >= 0.6 is 11.6 Å². The summed E-state index contributed by atoms with van der Waals surface area (Å²) in [5.41, 5.74) is -0.245. The molecule has 1 aromatic carbocycles. The predicted molar refractivity (Wildman–Crippen MR) is 103 cm³/mol. The number of hydrogen-bond donors (Lipinski definition) is 1. The maximum absolute atomic E-state index is 14.0. The smallest absolute Gasteiger partial charge is 0.292 e. The second-order valence-corrected chi connectivity index (χ2v) is 7.86. The number of hydrogen-bond acceptors (Lipinski definition) is 4. The molecule has 1 aromatic heterocycles. The number of halogens is 3. The topological polar surface area (TPSA) is 50.2 Å². The van der Waals surface area contributed by atoms with Gasteiger partial charge in [0, 0.05) is 24.6 Å². The number of nitrogens with one attached hydrogen (secondary N) is 1. The third-order valence-corrected chi connectivity index (χ3v) is 5.39. The van der Waals surface area contributed by atoms with Gasteiger partial charge in [0.25, 0.3) is 5.56 Å². The van der Waals surface area contributed by atoms with Crippen molar-refractivity contribution in [1.82, 2.24) is 14.7 Å². The molecule has 1 saturated carbocycles. The summed E-state index contributed by atoms with van der Waals surface area (Å²) in [5.74, 6) is -1.60. The summed E-state index contributed by atoms with van der Waals surface area (Å²) in [5, 5.41) is 7.21. The molecule has 0 radical (unpaired) electrons. The molecule has 2 aromatic rings. The normalized spacial score (nSPS) is 16.1. The van der Waals surface area contributed by atoms with Crippen LogP contribution < -0.4 is 10.9 Å². The molecule has 0 atom stereocenters. The Kier molecular flexibility index (Phi) is 5.81. The standard InChI is InChI=1S/C19H23ClF2N4O/c1-25(2)12-19(7-3-4-8-19)11-23-15-10-24-26(18(27)17(15)20)16-6-5-13(21)9-14(16)22/h5-6,9-10,23H,3-4,7-8,11-12H2,1-2H3. The van der Waals surface area contributed by atoms with Gasteiger partial charge in [0.15, 0.2) is 5.82 Å². The van der Waals surface area contributed by atoms with E-state index >= 15 is 0 Å². The zero-order valence-corrected chi connectivity index (χ0v) is 16.2. The molecule has 27 heavy (non-hydrogen) atoms. The van der Waals surface area contributed by atoms with Crippen molar-refractivity contribution < 1.29 is 8.78 Å². The number of benzene rings is 1. The highest BCUT2D eigenvalue weighted by Gasteiger charge is 2.34. The third-order valence-electron chi connectivity index (χ3n) is 5.03. The molecule has 5 nitrogen and oxygen atoms in total. The van der Waals surface area contributed by atoms with Gasteiger partial charge in [0.1, 0.15) is 16.5 Å². The van der Waals surface area contributed by atoms with Gasteiger partial charge in [0.2, 0.25) is 0 Å². The Hall–Kier alpha value is -1.99. The molecule has 0 aliphatic heterocycles. The van der Waals surface area contributed by atoms with Gasteiger partial charge in [-0.25, -0.2) is 8.78 Å². The first kappa shape index (κ1) is 19.8. The van der Waals surface area contributed by atoms with E-state index in [4.69, 9.17) is 11.6 Å². The molecular weight excluding hydrogens is 374 g/mol. The van der Waals surface area contributed by atoms with Crippen LogP contribution in [0.4, 0.5) is 14.5 Å². The summed E-state index contributed by atoms with van der Waals surface area (Å²) >= 11 is 6.23. The first-order valence-electron chi connectivity index (χ1n) is 8.93. The molecule has 1 heterocycles. The molecule has 8 heteroatoms. The number of rotatable bonds is 6. The van der Waals surface area contributed by atoms with Crippen LogP contribution in [-0.2, 0) is 0 Å². The van der Waals surface area contributed by atoms with Crippen LogP contribution in [0.25, 0.3) is 5.69 Å². The molecule has 0 spiro atoms. The van der Waals surface area contributed by atoms with E-state index in [0.717, 1.165) is 36.2 Å². The molecule has 0 unspecified atom stereocenters. The summed E-state index contributed by atoms with van der Waals surface area (Å²) in [6.45, 7) is 1.63. The Morgan fingerprint density at radius 2 is 2.00 bits per heavy atom. The highest BCUT2D eigenvalue weighted by atomic mass is 35.5. The maximum Gasteiger partial charge on any atom is 0.292 e. The van der Waals surface area contributed by atoms with Gasteiger partial charge in [-0.3, -0.25) is 4.79 Å². The van der Waals surface area contributed by atoms with Crippen LogP contribution in [0.15, 0.2) is 29.2 Å². The average Bonchev–Trinajstić information content (AvgIpc) is 3.05. The first-order chi connectivity index (χ1) is 12.8. The van der Waals surface area contributed by atoms with Gasteiger partial charge in [-0.2, -0.15) is 9.78 Å². The van der Waals surface area contributed by atoms with Crippen molar-refractivity contribution in [3.63, 3.8) is 0 Å². The summed E-state index contributed by atoms with van der Waals surface area (Å²) in [7, 11) is 4.10. The Balaban J connectivity index is 1.84. The third kappa shape index (κ3) is 4.30. The predicted octanol–water partition coefficient (Wildman–Crippen LogP) is 3.70. The molecule has 3 rings (SSSR count). The lowest BCUT2D eigenvalue weighted by molar-refractivity contribution is 0.215. The van der Waals surface area contributed by atoms with Crippen molar-refractivity contribution in [3.8, 4) is 5.69 Å². The first-order valence-corrected chi connectivity index (χ1v) is 9.31. The molecule has 1 N–H and O–H groups in total. The average molecular weight is 397 g/mol. The minimum Gasteiger partial charge on any atom is -0.382 e. The highest BCUT2D eigenvalue weighted by molar-refractivity contribution is 6.32. The SMILES string of the molecule is CN(C)CC1(CNc2cnn(-c3ccc(F)cc3F)c(=O)c2Cl)CCCC1. The molecule has 0 amide bonds. The maximum atomic E-state index is 14.0. The van der Waals surface area contributed by atoms with E-state index in [1.165, 1.54) is 19.0 Å². The molecule has 0 saturated heterocycles. The van der Waals surface area contributed by atoms with Gasteiger partial charge in [-0.15, -0.1) is 0 Å². The van der Waals surface area contributed by atoms with Gasteiger partial charge < -0.3 is 10.2 Å². The summed E-state index contributed by atoms with van der Waals surface area (Å²) in [6.07, 6.45) is 6.01. The number of nitrogens with zero attached hydrogens (tertiary/aromatic N) is 3. The fraction of sp³-hybridized carbons (Fsp3) is 0.474. The van der Waals surface area contributed by atoms with Gasteiger partial charge in [-0.05, 0) is 39.1 Å². The van der Waals surface area contributed by atoms with Crippen molar-refractivity contribution >= 4 is 17.3 Å². The molecule has 0 bridgehead atoms. The summed E-state index contributed by atoms with van der Waals surface area (Å²) in [4.78, 5) is 14.7. The van der Waals surface area contributed by atoms with Crippen LogP contribution in [0.2, 0.25) is 5.02 Å². The summed E-state index contributed by atoms with van der Waals surface area (Å²) in [6, 6.07) is 2.93. The van der Waals surface area contributed by atoms with Crippen LogP contribution in [0.5, 0.6) is 0 Å². The van der Waals surface area contributed by atoms with Gasteiger partial charge >= 0.3 is 0 Å². The minimum absolute atomic E-state index is 0.0632. The summed E-state index contributed by atoms with van der Waals surface area (Å²) < 4.78 is 27.9. The van der Waals surface area contributed by atoms with Crippen molar-refractivity contribution in [3.05, 3.63) is 51.4 Å². The van der Waals surface area contributed by atoms with E-state index in [1.807, 2.05) is 14.1 Å². The second-order valence-electron chi connectivity index (χ2n) is 7.48. The number of aromatic nitrogens is 2. The van der Waals surface area contributed by atoms with Crippen LogP contribution in [0.1, 0.15) is 25.7 Å². The monoisotopic (exact) mass is 396 g/mol. The van der Waals surface area contributed by atoms with Crippen LogP contribution in [0.3, 0.4) is 0 Å². The Morgan fingerprint density at radius 3 is 2.63 bits per heavy atom. The number of anilines is 1. The van der Waals surface area contributed by atoms with E-state index in [-0.39, 0.29) is 16.1 Å². The lowest BCUT2D eigenvalue weighted by Gasteiger charge is -2.32. The zero-order chi connectivity index (χ0) is 19.6. The van der Waals surface area contributed by atoms with Gasteiger partial charge in [0.05, 0.1) is 11.9 Å². The van der Waals surface area contributed by atoms with E-state index in [1.54, 1.807) is 0 Å². The fourth-order valence-electron chi connectivity index (χ4n) is 3.85.